The summed E-state index contributed by atoms with van der Waals surface area (Å²) < 4.78 is 10.5. The summed E-state index contributed by atoms with van der Waals surface area (Å²) in [5.41, 5.74) is 2.63. The largest absolute Gasteiger partial charge is 0.496 e. The van der Waals surface area contributed by atoms with Gasteiger partial charge in [0.15, 0.2) is 0 Å². The van der Waals surface area contributed by atoms with E-state index in [1.54, 1.807) is 16.9 Å². The van der Waals surface area contributed by atoms with Gasteiger partial charge in [-0.2, -0.15) is 0 Å². The topological polar surface area (TPSA) is 59.1 Å². The molecule has 6 nitrogen and oxygen atoms in total. The number of ether oxygens (including phenoxy) is 2. The molecule has 0 aromatic heterocycles. The molecule has 0 unspecified atom stereocenters. The van der Waals surface area contributed by atoms with Crippen LogP contribution >= 0.6 is 0 Å². The number of rotatable bonds is 3. The molecule has 0 N–H and O–H groups in total. The van der Waals surface area contributed by atoms with Crippen molar-refractivity contribution in [3.63, 3.8) is 0 Å². The first-order chi connectivity index (χ1) is 12.7. The van der Waals surface area contributed by atoms with Crippen molar-refractivity contribution >= 4 is 12.0 Å². The number of carbonyl (C=O) groups excluding carboxylic acids is 2. The highest BCUT2D eigenvalue weighted by Crippen LogP contribution is 2.30. The molecule has 0 bridgehead atoms. The van der Waals surface area contributed by atoms with Crippen molar-refractivity contribution in [2.75, 3.05) is 33.4 Å². The lowest BCUT2D eigenvalue weighted by Crippen LogP contribution is -2.53. The Balaban J connectivity index is 1.50. The molecule has 2 aliphatic rings. The molecular weight excluding hydrogens is 332 g/mol. The maximum Gasteiger partial charge on any atom is 0.410 e. The molecule has 1 atom stereocenters. The molecule has 0 saturated carbocycles. The Morgan fingerprint density at radius 1 is 1.12 bits per heavy atom. The highest BCUT2D eigenvalue weighted by atomic mass is 16.6. The maximum absolute atomic E-state index is 12.8. The first kappa shape index (κ1) is 16.4. The zero-order valence-corrected chi connectivity index (χ0v) is 14.6. The number of cyclic esters (lactones) is 1. The second kappa shape index (κ2) is 6.71. The van der Waals surface area contributed by atoms with Gasteiger partial charge in [-0.3, -0.25) is 9.69 Å². The summed E-state index contributed by atoms with van der Waals surface area (Å²) in [6, 6.07) is 15.3. The van der Waals surface area contributed by atoms with Crippen molar-refractivity contribution < 1.29 is 19.1 Å². The molecule has 0 radical (unpaired) electrons. The van der Waals surface area contributed by atoms with Crippen LogP contribution in [0.4, 0.5) is 4.79 Å². The monoisotopic (exact) mass is 352 g/mol. The van der Waals surface area contributed by atoms with Gasteiger partial charge in [0.05, 0.1) is 13.2 Å². The number of benzene rings is 2. The molecule has 0 spiro atoms. The predicted molar refractivity (Wildman–Crippen MR) is 96.2 cm³/mol. The Labute approximate surface area is 151 Å². The van der Waals surface area contributed by atoms with Crippen molar-refractivity contribution in [2.45, 2.75) is 6.04 Å². The van der Waals surface area contributed by atoms with Crippen molar-refractivity contribution in [1.82, 2.24) is 9.80 Å². The molecule has 0 aliphatic carbocycles. The Bertz CT molecular complexity index is 834. The molecule has 2 amide bonds. The minimum absolute atomic E-state index is 0.0180. The van der Waals surface area contributed by atoms with Gasteiger partial charge < -0.3 is 14.4 Å². The number of piperazine rings is 1. The van der Waals surface area contributed by atoms with E-state index in [-0.39, 0.29) is 18.0 Å². The summed E-state index contributed by atoms with van der Waals surface area (Å²) in [7, 11) is 1.65. The third-order valence-corrected chi connectivity index (χ3v) is 4.95. The normalized spacial score (nSPS) is 19.1. The molecule has 26 heavy (non-hydrogen) atoms. The zero-order valence-electron chi connectivity index (χ0n) is 14.6. The van der Waals surface area contributed by atoms with E-state index in [0.29, 0.717) is 31.8 Å². The number of fused-ring (bicyclic) bond motifs is 1. The summed E-state index contributed by atoms with van der Waals surface area (Å²) in [6.45, 7) is 1.92. The molecule has 2 saturated heterocycles. The van der Waals surface area contributed by atoms with E-state index in [1.807, 2.05) is 48.5 Å². The number of carbonyl (C=O) groups is 2. The molecule has 2 aromatic carbocycles. The number of nitrogens with zero attached hydrogens (tertiary/aromatic N) is 2. The molecular formula is C20H20N2O4. The molecule has 2 aliphatic heterocycles. The Hall–Kier alpha value is -3.02. The molecule has 2 fully saturated rings. The quantitative estimate of drug-likeness (QED) is 0.852. The van der Waals surface area contributed by atoms with Gasteiger partial charge in [-0.1, -0.05) is 30.3 Å². The summed E-state index contributed by atoms with van der Waals surface area (Å²) in [4.78, 5) is 27.9. The second-order valence-electron chi connectivity index (χ2n) is 6.45. The van der Waals surface area contributed by atoms with Crippen LogP contribution in [0.25, 0.3) is 11.1 Å². The van der Waals surface area contributed by atoms with E-state index >= 15 is 0 Å². The fourth-order valence-electron chi connectivity index (χ4n) is 3.53. The van der Waals surface area contributed by atoms with Gasteiger partial charge >= 0.3 is 6.09 Å². The highest BCUT2D eigenvalue weighted by molar-refractivity contribution is 5.95. The first-order valence-corrected chi connectivity index (χ1v) is 8.63. The zero-order chi connectivity index (χ0) is 18.1. The second-order valence-corrected chi connectivity index (χ2v) is 6.45. The smallest absolute Gasteiger partial charge is 0.410 e. The van der Waals surface area contributed by atoms with Crippen molar-refractivity contribution in [2.24, 2.45) is 0 Å². The number of hydrogen-bond donors (Lipinski definition) is 0. The van der Waals surface area contributed by atoms with E-state index in [0.717, 1.165) is 16.9 Å². The van der Waals surface area contributed by atoms with Crippen molar-refractivity contribution in [3.05, 3.63) is 54.1 Å². The fraction of sp³-hybridized carbons (Fsp3) is 0.300. The predicted octanol–water partition coefficient (Wildman–Crippen LogP) is 2.64. The number of amides is 2. The molecule has 4 rings (SSSR count). The van der Waals surface area contributed by atoms with Crippen LogP contribution in [0.5, 0.6) is 5.75 Å². The Morgan fingerprint density at radius 3 is 2.65 bits per heavy atom. The highest BCUT2D eigenvalue weighted by Gasteiger charge is 2.38. The van der Waals surface area contributed by atoms with Crippen LogP contribution in [0.15, 0.2) is 48.5 Å². The standard InChI is InChI=1S/C20H20N2O4/c1-25-18-5-3-2-4-17(18)14-6-8-15(9-7-14)19(23)21-10-11-22-16(12-21)13-26-20(22)24/h2-9,16H,10-13H2,1H3/t16-/m0/s1. The molecule has 2 aromatic rings. The molecule has 2 heterocycles. The average Bonchev–Trinajstić information content (AvgIpc) is 3.08. The van der Waals surface area contributed by atoms with E-state index in [9.17, 15) is 9.59 Å². The average molecular weight is 352 g/mol. The van der Waals surface area contributed by atoms with Gasteiger partial charge in [-0.05, 0) is 23.8 Å². The van der Waals surface area contributed by atoms with Gasteiger partial charge in [-0.15, -0.1) is 0 Å². The van der Waals surface area contributed by atoms with Gasteiger partial charge in [0.25, 0.3) is 5.91 Å². The van der Waals surface area contributed by atoms with Crippen LogP contribution in [-0.4, -0.2) is 61.2 Å². The summed E-state index contributed by atoms with van der Waals surface area (Å²) >= 11 is 0. The number of hydrogen-bond acceptors (Lipinski definition) is 4. The van der Waals surface area contributed by atoms with Crippen LogP contribution in [-0.2, 0) is 4.74 Å². The number of methoxy groups -OCH3 is 1. The van der Waals surface area contributed by atoms with E-state index in [1.165, 1.54) is 0 Å². The minimum atomic E-state index is -0.275. The molecule has 6 heteroatoms. The Kier molecular flexibility index (Phi) is 4.24. The van der Waals surface area contributed by atoms with Crippen LogP contribution in [0.1, 0.15) is 10.4 Å². The van der Waals surface area contributed by atoms with Crippen molar-refractivity contribution in [3.8, 4) is 16.9 Å². The summed E-state index contributed by atoms with van der Waals surface area (Å²) in [6.07, 6.45) is -0.275. The lowest BCUT2D eigenvalue weighted by Gasteiger charge is -2.35. The van der Waals surface area contributed by atoms with Crippen LogP contribution in [0.2, 0.25) is 0 Å². The molecule has 134 valence electrons. The minimum Gasteiger partial charge on any atom is -0.496 e. The van der Waals surface area contributed by atoms with Gasteiger partial charge in [0.2, 0.25) is 0 Å². The lowest BCUT2D eigenvalue weighted by atomic mass is 10.0. The van der Waals surface area contributed by atoms with Gasteiger partial charge in [0, 0.05) is 30.8 Å². The van der Waals surface area contributed by atoms with Crippen LogP contribution in [0.3, 0.4) is 0 Å². The fourth-order valence-corrected chi connectivity index (χ4v) is 3.53. The maximum atomic E-state index is 12.8. The lowest BCUT2D eigenvalue weighted by molar-refractivity contribution is 0.0617. The van der Waals surface area contributed by atoms with Crippen LogP contribution in [0, 0.1) is 0 Å². The Morgan fingerprint density at radius 2 is 1.88 bits per heavy atom. The third-order valence-electron chi connectivity index (χ3n) is 4.95. The summed E-state index contributed by atoms with van der Waals surface area (Å²) in [5.74, 6) is 0.782. The SMILES string of the molecule is COc1ccccc1-c1ccc(C(=O)N2CCN3C(=O)OC[C@@H]3C2)cc1. The third kappa shape index (κ3) is 2.87. The van der Waals surface area contributed by atoms with Crippen LogP contribution < -0.4 is 4.74 Å². The van der Waals surface area contributed by atoms with Gasteiger partial charge in [0.1, 0.15) is 12.4 Å². The first-order valence-electron chi connectivity index (χ1n) is 8.63. The van der Waals surface area contributed by atoms with E-state index in [2.05, 4.69) is 0 Å². The van der Waals surface area contributed by atoms with E-state index in [4.69, 9.17) is 9.47 Å². The summed E-state index contributed by atoms with van der Waals surface area (Å²) in [5, 5.41) is 0. The van der Waals surface area contributed by atoms with Gasteiger partial charge in [-0.25, -0.2) is 4.79 Å². The number of para-hydroxylation sites is 1. The van der Waals surface area contributed by atoms with Crippen molar-refractivity contribution in [1.29, 1.82) is 0 Å². The van der Waals surface area contributed by atoms with E-state index < -0.39 is 0 Å².